The van der Waals surface area contributed by atoms with E-state index in [1.54, 1.807) is 0 Å². The molecule has 0 aromatic heterocycles. The van der Waals surface area contributed by atoms with Crippen LogP contribution in [0.2, 0.25) is 0 Å². The van der Waals surface area contributed by atoms with Gasteiger partial charge in [-0.1, -0.05) is 0 Å². The lowest BCUT2D eigenvalue weighted by Crippen LogP contribution is -2.31. The molecular weight excluding hydrogens is 287 g/mol. The first-order chi connectivity index (χ1) is 9.83. The van der Waals surface area contributed by atoms with Crippen LogP contribution in [0, 0.1) is 10.1 Å². The number of ether oxygens (including phenoxy) is 2. The van der Waals surface area contributed by atoms with Crippen molar-refractivity contribution in [2.24, 2.45) is 5.73 Å². The van der Waals surface area contributed by atoms with Crippen LogP contribution >= 0.6 is 0 Å². The fourth-order valence-electron chi connectivity index (χ4n) is 1.66. The molecule has 0 saturated carbocycles. The number of methoxy groups -OCH3 is 1. The standard InChI is InChI=1S/C12H15FN2O6/c1-3-21-12(17)9(13)10(14)7-4-6(15(18)19)5-8(20-2)11(7)16/h4-5,9-10,16H,3,14H2,1-2H3/t9?,10-/m1/s1. The van der Waals surface area contributed by atoms with Crippen molar-refractivity contribution >= 4 is 11.7 Å². The Balaban J connectivity index is 3.24. The van der Waals surface area contributed by atoms with Gasteiger partial charge in [0.2, 0.25) is 6.17 Å². The van der Waals surface area contributed by atoms with E-state index < -0.39 is 34.5 Å². The maximum absolute atomic E-state index is 13.9. The van der Waals surface area contributed by atoms with E-state index in [2.05, 4.69) is 4.74 Å². The molecule has 1 aromatic carbocycles. The monoisotopic (exact) mass is 302 g/mol. The molecule has 0 heterocycles. The van der Waals surface area contributed by atoms with Gasteiger partial charge < -0.3 is 20.3 Å². The number of nitro groups is 1. The fraction of sp³-hybridized carbons (Fsp3) is 0.417. The van der Waals surface area contributed by atoms with Gasteiger partial charge in [0.05, 0.1) is 30.7 Å². The van der Waals surface area contributed by atoms with Crippen molar-refractivity contribution in [2.75, 3.05) is 13.7 Å². The van der Waals surface area contributed by atoms with Crippen LogP contribution in [-0.2, 0) is 9.53 Å². The van der Waals surface area contributed by atoms with Crippen LogP contribution in [0.4, 0.5) is 10.1 Å². The Morgan fingerprint density at radius 2 is 2.19 bits per heavy atom. The van der Waals surface area contributed by atoms with Gasteiger partial charge in [0, 0.05) is 11.6 Å². The lowest BCUT2D eigenvalue weighted by atomic mass is 10.0. The second-order valence-electron chi connectivity index (χ2n) is 4.02. The molecular formula is C12H15FN2O6. The molecule has 0 radical (unpaired) electrons. The average molecular weight is 302 g/mol. The Labute approximate surface area is 119 Å². The Kier molecular flexibility index (Phi) is 5.42. The molecule has 1 aromatic rings. The zero-order valence-electron chi connectivity index (χ0n) is 11.4. The first-order valence-corrected chi connectivity index (χ1v) is 5.95. The number of non-ortho nitro benzene ring substituents is 1. The zero-order chi connectivity index (χ0) is 16.2. The smallest absolute Gasteiger partial charge is 0.342 e. The summed E-state index contributed by atoms with van der Waals surface area (Å²) in [5.41, 5.74) is 4.78. The van der Waals surface area contributed by atoms with Gasteiger partial charge in [-0.2, -0.15) is 0 Å². The second kappa shape index (κ2) is 6.84. The summed E-state index contributed by atoms with van der Waals surface area (Å²) in [5.74, 6) is -2.02. The molecule has 0 amide bonds. The van der Waals surface area contributed by atoms with E-state index in [9.17, 15) is 24.4 Å². The first kappa shape index (κ1) is 16.6. The van der Waals surface area contributed by atoms with Gasteiger partial charge in [-0.25, -0.2) is 9.18 Å². The fourth-order valence-corrected chi connectivity index (χ4v) is 1.66. The molecule has 8 nitrogen and oxygen atoms in total. The highest BCUT2D eigenvalue weighted by Crippen LogP contribution is 2.38. The van der Waals surface area contributed by atoms with Crippen molar-refractivity contribution in [2.45, 2.75) is 19.1 Å². The molecule has 0 fully saturated rings. The van der Waals surface area contributed by atoms with Crippen LogP contribution in [0.15, 0.2) is 12.1 Å². The number of nitrogens with two attached hydrogens (primary N) is 1. The number of nitro benzene ring substituents is 1. The van der Waals surface area contributed by atoms with E-state index in [-0.39, 0.29) is 17.9 Å². The molecule has 0 saturated heterocycles. The van der Waals surface area contributed by atoms with Crippen LogP contribution < -0.4 is 10.5 Å². The molecule has 1 rings (SSSR count). The Morgan fingerprint density at radius 1 is 1.57 bits per heavy atom. The highest BCUT2D eigenvalue weighted by molar-refractivity contribution is 5.76. The lowest BCUT2D eigenvalue weighted by Gasteiger charge is -2.18. The highest BCUT2D eigenvalue weighted by atomic mass is 19.1. The molecule has 0 aliphatic carbocycles. The third kappa shape index (κ3) is 3.57. The van der Waals surface area contributed by atoms with E-state index in [0.717, 1.165) is 12.1 Å². The normalized spacial score (nSPS) is 13.3. The average Bonchev–Trinajstić information content (AvgIpc) is 2.45. The van der Waals surface area contributed by atoms with Crippen molar-refractivity contribution < 1.29 is 28.7 Å². The minimum Gasteiger partial charge on any atom is -0.504 e. The predicted molar refractivity (Wildman–Crippen MR) is 69.8 cm³/mol. The molecule has 0 bridgehead atoms. The van der Waals surface area contributed by atoms with E-state index in [1.165, 1.54) is 14.0 Å². The van der Waals surface area contributed by atoms with Crippen LogP contribution in [0.1, 0.15) is 18.5 Å². The number of esters is 1. The highest BCUT2D eigenvalue weighted by Gasteiger charge is 2.32. The molecule has 1 unspecified atom stereocenters. The number of rotatable bonds is 6. The van der Waals surface area contributed by atoms with E-state index in [4.69, 9.17) is 10.5 Å². The summed E-state index contributed by atoms with van der Waals surface area (Å²) in [6, 6.07) is 0.218. The molecule has 21 heavy (non-hydrogen) atoms. The number of phenols is 1. The summed E-state index contributed by atoms with van der Waals surface area (Å²) in [4.78, 5) is 21.4. The quantitative estimate of drug-likeness (QED) is 0.459. The van der Waals surface area contributed by atoms with Gasteiger partial charge in [-0.15, -0.1) is 0 Å². The van der Waals surface area contributed by atoms with Crippen molar-refractivity contribution in [1.82, 2.24) is 0 Å². The lowest BCUT2D eigenvalue weighted by molar-refractivity contribution is -0.385. The maximum atomic E-state index is 13.9. The first-order valence-electron chi connectivity index (χ1n) is 5.95. The molecule has 2 atom stereocenters. The maximum Gasteiger partial charge on any atom is 0.342 e. The summed E-state index contributed by atoms with van der Waals surface area (Å²) in [6.07, 6.45) is -2.28. The predicted octanol–water partition coefficient (Wildman–Crippen LogP) is 1.21. The molecule has 0 aliphatic heterocycles. The number of alkyl halides is 1. The Hall–Kier alpha value is -2.42. The van der Waals surface area contributed by atoms with E-state index in [0.29, 0.717) is 0 Å². The summed E-state index contributed by atoms with van der Waals surface area (Å²) >= 11 is 0. The number of halogens is 1. The molecule has 0 spiro atoms. The van der Waals surface area contributed by atoms with E-state index >= 15 is 0 Å². The SMILES string of the molecule is CCOC(=O)C(F)[C@H](N)c1cc([N+](=O)[O-])cc(OC)c1O. The number of carbonyl (C=O) groups excluding carboxylic acids is 1. The molecule has 9 heteroatoms. The third-order valence-electron chi connectivity index (χ3n) is 2.71. The number of hydrogen-bond acceptors (Lipinski definition) is 7. The number of nitrogens with zero attached hydrogens (tertiary/aromatic N) is 1. The summed E-state index contributed by atoms with van der Waals surface area (Å²) in [6.45, 7) is 1.44. The van der Waals surface area contributed by atoms with Crippen molar-refractivity contribution in [1.29, 1.82) is 0 Å². The van der Waals surface area contributed by atoms with Crippen molar-refractivity contribution in [3.8, 4) is 11.5 Å². The third-order valence-corrected chi connectivity index (χ3v) is 2.71. The summed E-state index contributed by atoms with van der Waals surface area (Å²) < 4.78 is 23.1. The number of aromatic hydroxyl groups is 1. The van der Waals surface area contributed by atoms with Gasteiger partial charge in [0.25, 0.3) is 5.69 Å². The molecule has 3 N–H and O–H groups in total. The zero-order valence-corrected chi connectivity index (χ0v) is 11.4. The van der Waals surface area contributed by atoms with Gasteiger partial charge in [0.15, 0.2) is 11.5 Å². The van der Waals surface area contributed by atoms with Crippen LogP contribution in [0.3, 0.4) is 0 Å². The Bertz CT molecular complexity index is 551. The molecule has 116 valence electrons. The van der Waals surface area contributed by atoms with Gasteiger partial charge in [-0.05, 0) is 6.92 Å². The summed E-state index contributed by atoms with van der Waals surface area (Å²) in [5, 5.41) is 20.7. The van der Waals surface area contributed by atoms with Crippen LogP contribution in [-0.4, -0.2) is 35.9 Å². The van der Waals surface area contributed by atoms with Crippen LogP contribution in [0.5, 0.6) is 11.5 Å². The number of carbonyl (C=O) groups is 1. The van der Waals surface area contributed by atoms with Crippen molar-refractivity contribution in [3.05, 3.63) is 27.8 Å². The van der Waals surface area contributed by atoms with Gasteiger partial charge in [-0.3, -0.25) is 10.1 Å². The largest absolute Gasteiger partial charge is 0.504 e. The van der Waals surface area contributed by atoms with Crippen LogP contribution in [0.25, 0.3) is 0 Å². The number of benzene rings is 1. The van der Waals surface area contributed by atoms with E-state index in [1.807, 2.05) is 0 Å². The number of phenolic OH excluding ortho intramolecular Hbond substituents is 1. The topological polar surface area (TPSA) is 125 Å². The van der Waals surface area contributed by atoms with Gasteiger partial charge in [0.1, 0.15) is 0 Å². The minimum absolute atomic E-state index is 0.0454. The Morgan fingerprint density at radius 3 is 2.67 bits per heavy atom. The van der Waals surface area contributed by atoms with Gasteiger partial charge >= 0.3 is 5.97 Å². The number of hydrogen-bond donors (Lipinski definition) is 2. The second-order valence-corrected chi connectivity index (χ2v) is 4.02. The summed E-state index contributed by atoms with van der Waals surface area (Å²) in [7, 11) is 1.17. The van der Waals surface area contributed by atoms with Crippen molar-refractivity contribution in [3.63, 3.8) is 0 Å². The minimum atomic E-state index is -2.28. The molecule has 0 aliphatic rings.